The van der Waals surface area contributed by atoms with Crippen LogP contribution in [0.25, 0.3) is 5.57 Å². The molecule has 0 bridgehead atoms. The molecule has 3 aromatic rings. The molecule has 1 unspecified atom stereocenters. The van der Waals surface area contributed by atoms with Crippen molar-refractivity contribution >= 4 is 11.8 Å². The zero-order valence-corrected chi connectivity index (χ0v) is 14.4. The molecule has 1 aliphatic heterocycles. The first-order valence-corrected chi connectivity index (χ1v) is 8.41. The molecule has 2 heterocycles. The fourth-order valence-corrected chi connectivity index (χ4v) is 3.12. The van der Waals surface area contributed by atoms with Gasteiger partial charge in [-0.15, -0.1) is 0 Å². The maximum atomic E-state index is 13.1. The number of nitrogens with zero attached hydrogens (tertiary/aromatic N) is 3. The van der Waals surface area contributed by atoms with Gasteiger partial charge in [-0.05, 0) is 53.1 Å². The Hall–Kier alpha value is -3.48. The highest BCUT2D eigenvalue weighted by Gasteiger charge is 2.38. The molecule has 0 aliphatic carbocycles. The van der Waals surface area contributed by atoms with Crippen molar-refractivity contribution in [3.63, 3.8) is 0 Å². The third-order valence-corrected chi connectivity index (χ3v) is 4.51. The Morgan fingerprint density at radius 2 is 1.61 bits per heavy atom. The Labute approximate surface area is 158 Å². The van der Waals surface area contributed by atoms with E-state index in [1.165, 1.54) is 24.4 Å². The molecular formula is C21H14F3N3O. The average molecular weight is 381 g/mol. The van der Waals surface area contributed by atoms with Crippen LogP contribution in [0.15, 0.2) is 78.1 Å². The number of hydrogen-bond acceptors (Lipinski definition) is 4. The van der Waals surface area contributed by atoms with E-state index in [9.17, 15) is 18.3 Å². The largest absolute Gasteiger partial charge is 0.508 e. The molecule has 0 amide bonds. The summed E-state index contributed by atoms with van der Waals surface area (Å²) in [6.45, 7) is 0. The summed E-state index contributed by atoms with van der Waals surface area (Å²) in [5.74, 6) is 0.482. The lowest BCUT2D eigenvalue weighted by Gasteiger charge is -2.23. The van der Waals surface area contributed by atoms with E-state index in [2.05, 4.69) is 15.0 Å². The fourth-order valence-electron chi connectivity index (χ4n) is 3.12. The number of aliphatic imine (C=N–C) groups is 1. The monoisotopic (exact) mass is 381 g/mol. The van der Waals surface area contributed by atoms with Gasteiger partial charge >= 0.3 is 6.18 Å². The Kier molecular flexibility index (Phi) is 4.22. The van der Waals surface area contributed by atoms with Crippen LogP contribution >= 0.6 is 0 Å². The van der Waals surface area contributed by atoms with Gasteiger partial charge in [0, 0.05) is 18.6 Å². The second-order valence-corrected chi connectivity index (χ2v) is 6.32. The van der Waals surface area contributed by atoms with E-state index in [-0.39, 0.29) is 5.75 Å². The quantitative estimate of drug-likeness (QED) is 0.721. The molecule has 1 aromatic heterocycles. The summed E-state index contributed by atoms with van der Waals surface area (Å²) in [7, 11) is 0. The normalized spacial score (nSPS) is 18.9. The Morgan fingerprint density at radius 1 is 0.893 bits per heavy atom. The smallest absolute Gasteiger partial charge is 0.416 e. The van der Waals surface area contributed by atoms with Crippen LogP contribution in [0.4, 0.5) is 13.2 Å². The Balaban J connectivity index is 1.85. The number of alkyl halides is 3. The molecule has 1 atom stereocenters. The Morgan fingerprint density at radius 3 is 2.29 bits per heavy atom. The van der Waals surface area contributed by atoms with Gasteiger partial charge in [0.25, 0.3) is 0 Å². The van der Waals surface area contributed by atoms with Crippen LogP contribution in [0.1, 0.15) is 22.5 Å². The first-order chi connectivity index (χ1) is 13.4. The molecule has 0 spiro atoms. The fraction of sp³-hybridized carbons (Fsp3) is 0.0952. The lowest BCUT2D eigenvalue weighted by Crippen LogP contribution is -2.24. The number of halogens is 3. The minimum Gasteiger partial charge on any atom is -0.508 e. The number of aromatic nitrogens is 2. The molecule has 2 aromatic carbocycles. The van der Waals surface area contributed by atoms with Crippen LogP contribution in [0, 0.1) is 0 Å². The summed E-state index contributed by atoms with van der Waals surface area (Å²) in [6.07, 6.45) is 2.00. The predicted molar refractivity (Wildman–Crippen MR) is 98.8 cm³/mol. The second-order valence-electron chi connectivity index (χ2n) is 6.32. The third-order valence-electron chi connectivity index (χ3n) is 4.51. The number of benzene rings is 2. The number of rotatable bonds is 3. The summed E-state index contributed by atoms with van der Waals surface area (Å²) >= 11 is 0. The van der Waals surface area contributed by atoms with Crippen LogP contribution in [0.2, 0.25) is 0 Å². The molecule has 0 radical (unpaired) electrons. The predicted octanol–water partition coefficient (Wildman–Crippen LogP) is 4.61. The van der Waals surface area contributed by atoms with Crippen molar-refractivity contribution in [1.82, 2.24) is 9.97 Å². The minimum absolute atomic E-state index is 0.0944. The van der Waals surface area contributed by atoms with Gasteiger partial charge in [-0.2, -0.15) is 13.2 Å². The van der Waals surface area contributed by atoms with Crippen molar-refractivity contribution in [3.8, 4) is 5.75 Å². The van der Waals surface area contributed by atoms with Crippen LogP contribution in [0.5, 0.6) is 5.75 Å². The highest BCUT2D eigenvalue weighted by atomic mass is 19.4. The number of hydrogen-bond donors (Lipinski definition) is 1. The highest BCUT2D eigenvalue weighted by Crippen LogP contribution is 2.40. The van der Waals surface area contributed by atoms with Crippen molar-refractivity contribution in [2.45, 2.75) is 11.7 Å². The van der Waals surface area contributed by atoms with E-state index in [4.69, 9.17) is 0 Å². The first kappa shape index (κ1) is 17.9. The summed E-state index contributed by atoms with van der Waals surface area (Å²) in [6, 6.07) is 13.2. The average Bonchev–Trinajstić information content (AvgIpc) is 3.15. The van der Waals surface area contributed by atoms with Crippen molar-refractivity contribution in [1.29, 1.82) is 0 Å². The molecule has 0 saturated carbocycles. The molecule has 1 aliphatic rings. The molecular weight excluding hydrogens is 367 g/mol. The van der Waals surface area contributed by atoms with Gasteiger partial charge in [-0.25, -0.2) is 9.97 Å². The zero-order chi connectivity index (χ0) is 19.8. The first-order valence-electron chi connectivity index (χ1n) is 8.41. The SMILES string of the molecule is Oc1ccc(C2(c3ncccn3)C=C(c3cccc(C(F)(F)F)c3)C=N2)cc1. The van der Waals surface area contributed by atoms with E-state index in [0.717, 1.165) is 12.1 Å². The van der Waals surface area contributed by atoms with Gasteiger partial charge in [-0.1, -0.05) is 24.3 Å². The van der Waals surface area contributed by atoms with Crippen molar-refractivity contribution in [2.75, 3.05) is 0 Å². The van der Waals surface area contributed by atoms with Crippen LogP contribution in [-0.4, -0.2) is 21.3 Å². The molecule has 1 N–H and O–H groups in total. The Bertz CT molecular complexity index is 1060. The van der Waals surface area contributed by atoms with Gasteiger partial charge in [0.15, 0.2) is 11.4 Å². The van der Waals surface area contributed by atoms with Gasteiger partial charge in [0.2, 0.25) is 0 Å². The number of allylic oxidation sites excluding steroid dienone is 1. The summed E-state index contributed by atoms with van der Waals surface area (Å²) in [5, 5.41) is 9.60. The molecule has 4 nitrogen and oxygen atoms in total. The molecule has 7 heteroatoms. The van der Waals surface area contributed by atoms with E-state index >= 15 is 0 Å². The van der Waals surface area contributed by atoms with Crippen LogP contribution < -0.4 is 0 Å². The van der Waals surface area contributed by atoms with Gasteiger partial charge in [-0.3, -0.25) is 4.99 Å². The van der Waals surface area contributed by atoms with E-state index in [1.54, 1.807) is 42.7 Å². The van der Waals surface area contributed by atoms with Crippen molar-refractivity contribution in [2.24, 2.45) is 4.99 Å². The van der Waals surface area contributed by atoms with Gasteiger partial charge < -0.3 is 5.11 Å². The van der Waals surface area contributed by atoms with E-state index < -0.39 is 17.3 Å². The summed E-state index contributed by atoms with van der Waals surface area (Å²) < 4.78 is 39.2. The van der Waals surface area contributed by atoms with Gasteiger partial charge in [0.1, 0.15) is 5.75 Å². The number of aromatic hydroxyl groups is 1. The lowest BCUT2D eigenvalue weighted by atomic mass is 9.88. The molecule has 140 valence electrons. The van der Waals surface area contributed by atoms with E-state index in [0.29, 0.717) is 22.5 Å². The van der Waals surface area contributed by atoms with Crippen molar-refractivity contribution < 1.29 is 18.3 Å². The summed E-state index contributed by atoms with van der Waals surface area (Å²) in [5.41, 5.74) is -0.188. The lowest BCUT2D eigenvalue weighted by molar-refractivity contribution is -0.137. The molecule has 0 fully saturated rings. The minimum atomic E-state index is -4.43. The van der Waals surface area contributed by atoms with Crippen LogP contribution in [0.3, 0.4) is 0 Å². The second kappa shape index (κ2) is 6.60. The summed E-state index contributed by atoms with van der Waals surface area (Å²) in [4.78, 5) is 13.2. The maximum Gasteiger partial charge on any atom is 0.416 e. The third kappa shape index (κ3) is 3.15. The number of phenolic OH excluding ortho intramolecular Hbond substituents is 1. The topological polar surface area (TPSA) is 58.4 Å². The maximum absolute atomic E-state index is 13.1. The molecule has 28 heavy (non-hydrogen) atoms. The number of phenols is 1. The van der Waals surface area contributed by atoms with E-state index in [1.807, 2.05) is 0 Å². The molecule has 0 saturated heterocycles. The van der Waals surface area contributed by atoms with Gasteiger partial charge in [0.05, 0.1) is 5.56 Å². The highest BCUT2D eigenvalue weighted by molar-refractivity contribution is 6.12. The zero-order valence-electron chi connectivity index (χ0n) is 14.4. The van der Waals surface area contributed by atoms with Crippen LogP contribution in [-0.2, 0) is 11.7 Å². The molecule has 4 rings (SSSR count). The van der Waals surface area contributed by atoms with Crippen molar-refractivity contribution in [3.05, 3.63) is 95.6 Å². The standard InChI is InChI=1S/C21H14F3N3O/c22-21(23,24)17-4-1-3-14(11-17)15-12-20(27-13-15,19-25-9-2-10-26-19)16-5-7-18(28)8-6-16/h1-13,28H.